The van der Waals surface area contributed by atoms with Gasteiger partial charge in [0.25, 0.3) is 0 Å². The van der Waals surface area contributed by atoms with Crippen LogP contribution in [0.3, 0.4) is 0 Å². The van der Waals surface area contributed by atoms with E-state index in [-0.39, 0.29) is 0 Å². The Morgan fingerprint density at radius 1 is 1.41 bits per heavy atom. The van der Waals surface area contributed by atoms with Crippen LogP contribution in [0.1, 0.15) is 23.2 Å². The lowest BCUT2D eigenvalue weighted by atomic mass is 10.2. The van der Waals surface area contributed by atoms with Crippen LogP contribution in [-0.4, -0.2) is 9.97 Å². The van der Waals surface area contributed by atoms with Crippen molar-refractivity contribution in [3.05, 3.63) is 33.6 Å². The number of nitrogens with zero attached hydrogens (tertiary/aromatic N) is 3. The molecule has 5 heteroatoms. The van der Waals surface area contributed by atoms with Crippen LogP contribution in [0, 0.1) is 18.3 Å². The van der Waals surface area contributed by atoms with E-state index >= 15 is 0 Å². The monoisotopic (exact) mass is 263 g/mol. The molecule has 0 N–H and O–H groups in total. The lowest BCUT2D eigenvalue weighted by Gasteiger charge is -2.06. The highest BCUT2D eigenvalue weighted by Crippen LogP contribution is 2.31. The van der Waals surface area contributed by atoms with Crippen molar-refractivity contribution in [2.24, 2.45) is 0 Å². The van der Waals surface area contributed by atoms with Gasteiger partial charge in [-0.2, -0.15) is 5.26 Å². The van der Waals surface area contributed by atoms with Gasteiger partial charge in [-0.05, 0) is 19.1 Å². The number of thiophene rings is 1. The predicted molar refractivity (Wildman–Crippen MR) is 69.2 cm³/mol. The van der Waals surface area contributed by atoms with E-state index in [4.69, 9.17) is 16.9 Å². The average molecular weight is 264 g/mol. The Morgan fingerprint density at radius 3 is 2.76 bits per heavy atom. The number of aryl methyl sites for hydroxylation is 1. The highest BCUT2D eigenvalue weighted by molar-refractivity contribution is 7.16. The zero-order valence-corrected chi connectivity index (χ0v) is 11.1. The fraction of sp³-hybridized carbons (Fsp3) is 0.250. The molecule has 0 aliphatic rings. The van der Waals surface area contributed by atoms with E-state index in [1.807, 2.05) is 19.9 Å². The summed E-state index contributed by atoms with van der Waals surface area (Å²) in [6, 6.07) is 5.81. The summed E-state index contributed by atoms with van der Waals surface area (Å²) in [7, 11) is 0. The fourth-order valence-electron chi connectivity index (χ4n) is 1.46. The minimum absolute atomic E-state index is 0.485. The molecule has 17 heavy (non-hydrogen) atoms. The standard InChI is InChI=1S/C12H10ClN3S/c1-3-10-15-11(7(2)12(13)16-10)9-5-4-8(6-14)17-9/h4-5H,3H2,1-2H3. The zero-order valence-electron chi connectivity index (χ0n) is 9.49. The number of aromatic nitrogens is 2. The van der Waals surface area contributed by atoms with Crippen molar-refractivity contribution in [3.63, 3.8) is 0 Å². The highest BCUT2D eigenvalue weighted by atomic mass is 35.5. The van der Waals surface area contributed by atoms with Gasteiger partial charge < -0.3 is 0 Å². The SMILES string of the molecule is CCc1nc(Cl)c(C)c(-c2ccc(C#N)s2)n1. The molecule has 2 aromatic heterocycles. The molecule has 0 atom stereocenters. The van der Waals surface area contributed by atoms with Gasteiger partial charge in [0.1, 0.15) is 21.9 Å². The van der Waals surface area contributed by atoms with Crippen LogP contribution < -0.4 is 0 Å². The Morgan fingerprint density at radius 2 is 2.18 bits per heavy atom. The van der Waals surface area contributed by atoms with Crippen LogP contribution in [0.2, 0.25) is 5.15 Å². The van der Waals surface area contributed by atoms with Crippen LogP contribution in [-0.2, 0) is 6.42 Å². The maximum Gasteiger partial charge on any atom is 0.136 e. The second-order valence-corrected chi connectivity index (χ2v) is 4.98. The zero-order chi connectivity index (χ0) is 12.4. The fourth-order valence-corrected chi connectivity index (χ4v) is 2.49. The first-order valence-electron chi connectivity index (χ1n) is 5.19. The number of nitriles is 1. The molecule has 0 aliphatic carbocycles. The molecule has 0 spiro atoms. The van der Waals surface area contributed by atoms with E-state index in [1.165, 1.54) is 11.3 Å². The van der Waals surface area contributed by atoms with Gasteiger partial charge in [0.05, 0.1) is 10.6 Å². The van der Waals surface area contributed by atoms with Crippen LogP contribution in [0.15, 0.2) is 12.1 Å². The van der Waals surface area contributed by atoms with Crippen LogP contribution >= 0.6 is 22.9 Å². The van der Waals surface area contributed by atoms with E-state index in [2.05, 4.69) is 16.0 Å². The topological polar surface area (TPSA) is 49.6 Å². The normalized spacial score (nSPS) is 10.2. The smallest absolute Gasteiger partial charge is 0.136 e. The minimum atomic E-state index is 0.485. The average Bonchev–Trinajstić information content (AvgIpc) is 2.81. The number of halogens is 1. The molecule has 0 bridgehead atoms. The summed E-state index contributed by atoms with van der Waals surface area (Å²) in [5.74, 6) is 0.725. The third-order valence-electron chi connectivity index (χ3n) is 2.40. The molecular weight excluding hydrogens is 254 g/mol. The molecule has 0 aromatic carbocycles. The number of hydrogen-bond acceptors (Lipinski definition) is 4. The number of rotatable bonds is 2. The van der Waals surface area contributed by atoms with Gasteiger partial charge in [0.2, 0.25) is 0 Å². The summed E-state index contributed by atoms with van der Waals surface area (Å²) < 4.78 is 0. The Balaban J connectivity index is 2.58. The van der Waals surface area contributed by atoms with Crippen LogP contribution in [0.25, 0.3) is 10.6 Å². The van der Waals surface area contributed by atoms with E-state index in [9.17, 15) is 0 Å². The van der Waals surface area contributed by atoms with Crippen LogP contribution in [0.5, 0.6) is 0 Å². The van der Waals surface area contributed by atoms with Gasteiger partial charge >= 0.3 is 0 Å². The Labute approximate surface area is 109 Å². The Hall–Kier alpha value is -1.44. The molecule has 0 aliphatic heterocycles. The van der Waals surface area contributed by atoms with Gasteiger partial charge in [-0.25, -0.2) is 9.97 Å². The third kappa shape index (κ3) is 2.31. The second kappa shape index (κ2) is 4.82. The summed E-state index contributed by atoms with van der Waals surface area (Å²) in [6.45, 7) is 3.88. The van der Waals surface area contributed by atoms with Crippen molar-refractivity contribution >= 4 is 22.9 Å². The maximum absolute atomic E-state index is 8.82. The van der Waals surface area contributed by atoms with Crippen LogP contribution in [0.4, 0.5) is 0 Å². The molecule has 0 unspecified atom stereocenters. The molecular formula is C12H10ClN3S. The molecule has 3 nitrogen and oxygen atoms in total. The van der Waals surface area contributed by atoms with Crippen molar-refractivity contribution in [2.75, 3.05) is 0 Å². The Kier molecular flexibility index (Phi) is 3.41. The van der Waals surface area contributed by atoms with E-state index in [1.54, 1.807) is 6.07 Å². The summed E-state index contributed by atoms with van der Waals surface area (Å²) in [6.07, 6.45) is 0.740. The van der Waals surface area contributed by atoms with E-state index in [0.29, 0.717) is 10.0 Å². The number of hydrogen-bond donors (Lipinski definition) is 0. The summed E-state index contributed by atoms with van der Waals surface area (Å²) in [4.78, 5) is 10.3. The molecule has 86 valence electrons. The van der Waals surface area contributed by atoms with Crippen molar-refractivity contribution in [2.45, 2.75) is 20.3 Å². The summed E-state index contributed by atoms with van der Waals surface area (Å²) >= 11 is 7.49. The lowest BCUT2D eigenvalue weighted by Crippen LogP contribution is -1.98. The van der Waals surface area contributed by atoms with Gasteiger partial charge in [0, 0.05) is 12.0 Å². The van der Waals surface area contributed by atoms with Gasteiger partial charge in [-0.3, -0.25) is 0 Å². The van der Waals surface area contributed by atoms with Crippen molar-refractivity contribution in [1.82, 2.24) is 9.97 Å². The first kappa shape index (κ1) is 12.0. The Bertz CT molecular complexity index is 598. The summed E-state index contributed by atoms with van der Waals surface area (Å²) in [5.41, 5.74) is 1.68. The summed E-state index contributed by atoms with van der Waals surface area (Å²) in [5, 5.41) is 9.31. The molecule has 0 fully saturated rings. The largest absolute Gasteiger partial charge is 0.232 e. The molecule has 2 rings (SSSR count). The minimum Gasteiger partial charge on any atom is -0.232 e. The molecule has 0 saturated heterocycles. The van der Waals surface area contributed by atoms with Gasteiger partial charge in [0.15, 0.2) is 0 Å². The molecule has 0 amide bonds. The first-order valence-corrected chi connectivity index (χ1v) is 6.38. The van der Waals surface area contributed by atoms with Crippen molar-refractivity contribution < 1.29 is 0 Å². The van der Waals surface area contributed by atoms with E-state index in [0.717, 1.165) is 28.4 Å². The van der Waals surface area contributed by atoms with Crippen molar-refractivity contribution in [1.29, 1.82) is 5.26 Å². The molecule has 0 radical (unpaired) electrons. The predicted octanol–water partition coefficient (Wildman–Crippen LogP) is 3.60. The van der Waals surface area contributed by atoms with E-state index < -0.39 is 0 Å². The van der Waals surface area contributed by atoms with Gasteiger partial charge in [-0.15, -0.1) is 11.3 Å². The maximum atomic E-state index is 8.82. The first-order chi connectivity index (χ1) is 8.15. The lowest BCUT2D eigenvalue weighted by molar-refractivity contribution is 0.935. The third-order valence-corrected chi connectivity index (χ3v) is 3.76. The van der Waals surface area contributed by atoms with Crippen molar-refractivity contribution in [3.8, 4) is 16.6 Å². The molecule has 0 saturated carbocycles. The van der Waals surface area contributed by atoms with Gasteiger partial charge in [-0.1, -0.05) is 18.5 Å². The highest BCUT2D eigenvalue weighted by Gasteiger charge is 2.12. The second-order valence-electron chi connectivity index (χ2n) is 3.53. The molecule has 2 heterocycles. The quantitative estimate of drug-likeness (QED) is 0.778. The molecule has 2 aromatic rings.